The Morgan fingerprint density at radius 3 is 2.16 bits per heavy atom. The molecule has 0 spiro atoms. The number of nitrogen functional groups attached to an aromatic ring is 1. The van der Waals surface area contributed by atoms with Crippen LogP contribution >= 0.6 is 11.3 Å². The second-order valence-corrected chi connectivity index (χ2v) is 7.10. The Morgan fingerprint density at radius 1 is 1.03 bits per heavy atom. The highest BCUT2D eigenvalue weighted by Gasteiger charge is 2.30. The Morgan fingerprint density at radius 2 is 1.62 bits per heavy atom. The molecular formula is C19H17F3N2O7S. The van der Waals surface area contributed by atoms with Crippen molar-refractivity contribution in [3.8, 4) is 0 Å². The first-order valence-electron chi connectivity index (χ1n) is 8.68. The van der Waals surface area contributed by atoms with Gasteiger partial charge in [-0.3, -0.25) is 9.59 Å². The van der Waals surface area contributed by atoms with Crippen LogP contribution in [-0.2, 0) is 31.8 Å². The molecule has 0 saturated heterocycles. The van der Waals surface area contributed by atoms with Gasteiger partial charge >= 0.3 is 24.1 Å². The van der Waals surface area contributed by atoms with Crippen molar-refractivity contribution in [2.24, 2.45) is 0 Å². The van der Waals surface area contributed by atoms with E-state index in [-0.39, 0.29) is 26.6 Å². The van der Waals surface area contributed by atoms with E-state index in [9.17, 15) is 32.3 Å². The Hall–Kier alpha value is -3.61. The molecule has 0 radical (unpaired) electrons. The van der Waals surface area contributed by atoms with Crippen molar-refractivity contribution in [2.75, 3.05) is 26.5 Å². The third kappa shape index (κ3) is 5.75. The molecular weight excluding hydrogens is 457 g/mol. The molecule has 32 heavy (non-hydrogen) atoms. The summed E-state index contributed by atoms with van der Waals surface area (Å²) in [7, 11) is 2.21. The topological polar surface area (TPSA) is 134 Å². The number of carbonyl (C=O) groups is 4. The average Bonchev–Trinajstić information content (AvgIpc) is 3.10. The lowest BCUT2D eigenvalue weighted by atomic mass is 10.1. The molecule has 0 bridgehead atoms. The van der Waals surface area contributed by atoms with Crippen molar-refractivity contribution in [1.82, 2.24) is 5.32 Å². The van der Waals surface area contributed by atoms with Gasteiger partial charge in [-0.05, 0) is 24.3 Å². The third-order valence-corrected chi connectivity index (χ3v) is 5.08. The second-order valence-electron chi connectivity index (χ2n) is 6.05. The van der Waals surface area contributed by atoms with Crippen LogP contribution in [0.25, 0.3) is 0 Å². The molecule has 2 aromatic rings. The van der Waals surface area contributed by atoms with Crippen LogP contribution in [0.2, 0.25) is 0 Å². The Labute approximate surface area is 183 Å². The van der Waals surface area contributed by atoms with Crippen LogP contribution in [0.5, 0.6) is 0 Å². The van der Waals surface area contributed by atoms with E-state index in [1.54, 1.807) is 0 Å². The van der Waals surface area contributed by atoms with Crippen LogP contribution in [0, 0.1) is 0 Å². The van der Waals surface area contributed by atoms with E-state index in [0.29, 0.717) is 0 Å². The van der Waals surface area contributed by atoms with Gasteiger partial charge in [0.05, 0.1) is 19.8 Å². The number of thiophene rings is 1. The van der Waals surface area contributed by atoms with Gasteiger partial charge in [-0.2, -0.15) is 13.2 Å². The highest BCUT2D eigenvalue weighted by molar-refractivity contribution is 7.18. The van der Waals surface area contributed by atoms with Gasteiger partial charge in [-0.15, -0.1) is 11.3 Å². The first-order chi connectivity index (χ1) is 15.0. The summed E-state index contributed by atoms with van der Waals surface area (Å²) >= 11 is 0.749. The standard InChI is InChI=1S/C19H17F3N2O7S/c1-29-17(27)13-11(14(18(28)30-2)32-15(13)23)8-31-12(25)7-24-16(26)9-3-5-10(6-4-9)19(20,21)22/h3-6H,7-8,23H2,1-2H3,(H,24,26). The van der Waals surface area contributed by atoms with Gasteiger partial charge < -0.3 is 25.3 Å². The largest absolute Gasteiger partial charge is 0.465 e. The molecule has 172 valence electrons. The molecule has 2 rings (SSSR count). The first-order valence-corrected chi connectivity index (χ1v) is 9.50. The monoisotopic (exact) mass is 474 g/mol. The third-order valence-electron chi connectivity index (χ3n) is 4.04. The number of esters is 3. The number of ether oxygens (including phenoxy) is 3. The molecule has 0 aliphatic heterocycles. The SMILES string of the molecule is COC(=O)c1sc(N)c(C(=O)OC)c1COC(=O)CNC(=O)c1ccc(C(F)(F)F)cc1. The summed E-state index contributed by atoms with van der Waals surface area (Å²) in [6.45, 7) is -1.17. The van der Waals surface area contributed by atoms with Gasteiger partial charge in [-0.1, -0.05) is 0 Å². The Kier molecular flexibility index (Phi) is 7.81. The number of nitrogens with two attached hydrogens (primary N) is 1. The molecule has 0 saturated carbocycles. The van der Waals surface area contributed by atoms with Crippen molar-refractivity contribution >= 4 is 40.2 Å². The predicted molar refractivity (Wildman–Crippen MR) is 105 cm³/mol. The molecule has 0 aliphatic carbocycles. The van der Waals surface area contributed by atoms with Crippen molar-refractivity contribution in [3.63, 3.8) is 0 Å². The number of amides is 1. The minimum atomic E-state index is -4.55. The lowest BCUT2D eigenvalue weighted by Crippen LogP contribution is -2.30. The van der Waals surface area contributed by atoms with E-state index in [4.69, 9.17) is 10.5 Å². The quantitative estimate of drug-likeness (QED) is 0.462. The van der Waals surface area contributed by atoms with E-state index in [1.165, 1.54) is 0 Å². The van der Waals surface area contributed by atoms with Crippen molar-refractivity contribution in [3.05, 3.63) is 51.4 Å². The van der Waals surface area contributed by atoms with E-state index in [0.717, 1.165) is 49.8 Å². The summed E-state index contributed by atoms with van der Waals surface area (Å²) in [6.07, 6.45) is -4.55. The number of halogens is 3. The molecule has 0 fully saturated rings. The highest BCUT2D eigenvalue weighted by atomic mass is 32.1. The summed E-state index contributed by atoms with van der Waals surface area (Å²) in [4.78, 5) is 47.8. The fourth-order valence-corrected chi connectivity index (χ4v) is 3.45. The van der Waals surface area contributed by atoms with Crippen LogP contribution in [0.4, 0.5) is 18.2 Å². The van der Waals surface area contributed by atoms with E-state index < -0.39 is 48.7 Å². The molecule has 1 aromatic carbocycles. The molecule has 0 aliphatic rings. The predicted octanol–water partition coefficient (Wildman–Crippen LogP) is 2.40. The lowest BCUT2D eigenvalue weighted by Gasteiger charge is -2.10. The van der Waals surface area contributed by atoms with E-state index in [1.807, 2.05) is 0 Å². The zero-order valence-electron chi connectivity index (χ0n) is 16.7. The molecule has 0 atom stereocenters. The number of alkyl halides is 3. The van der Waals surface area contributed by atoms with Crippen molar-refractivity contribution in [1.29, 1.82) is 0 Å². The Bertz CT molecular complexity index is 1030. The fourth-order valence-electron chi connectivity index (χ4n) is 2.47. The number of methoxy groups -OCH3 is 2. The van der Waals surface area contributed by atoms with Gasteiger partial charge in [0, 0.05) is 11.1 Å². The highest BCUT2D eigenvalue weighted by Crippen LogP contribution is 2.33. The number of rotatable bonds is 7. The maximum Gasteiger partial charge on any atom is 0.416 e. The minimum Gasteiger partial charge on any atom is -0.465 e. The lowest BCUT2D eigenvalue weighted by molar-refractivity contribution is -0.143. The molecule has 13 heteroatoms. The Balaban J connectivity index is 2.03. The molecule has 0 unspecified atom stereocenters. The van der Waals surface area contributed by atoms with Gasteiger partial charge in [-0.25, -0.2) is 9.59 Å². The van der Waals surface area contributed by atoms with Crippen LogP contribution in [0.3, 0.4) is 0 Å². The van der Waals surface area contributed by atoms with Gasteiger partial charge in [0.1, 0.15) is 28.6 Å². The molecule has 1 amide bonds. The van der Waals surface area contributed by atoms with Crippen LogP contribution in [-0.4, -0.2) is 44.6 Å². The van der Waals surface area contributed by atoms with Crippen molar-refractivity contribution in [2.45, 2.75) is 12.8 Å². The summed E-state index contributed by atoms with van der Waals surface area (Å²) in [5.41, 5.74) is 4.56. The number of nitrogens with one attached hydrogen (secondary N) is 1. The summed E-state index contributed by atoms with van der Waals surface area (Å²) in [5.74, 6) is -3.41. The van der Waals surface area contributed by atoms with Crippen molar-refractivity contribution < 1.29 is 46.6 Å². The van der Waals surface area contributed by atoms with E-state index >= 15 is 0 Å². The number of hydrogen-bond donors (Lipinski definition) is 2. The zero-order valence-corrected chi connectivity index (χ0v) is 17.5. The molecule has 1 heterocycles. The van der Waals surface area contributed by atoms with E-state index in [2.05, 4.69) is 14.8 Å². The van der Waals surface area contributed by atoms with Gasteiger partial charge in [0.15, 0.2) is 0 Å². The molecule has 3 N–H and O–H groups in total. The summed E-state index contributed by atoms with van der Waals surface area (Å²) in [5, 5.41) is 2.15. The zero-order chi connectivity index (χ0) is 24.1. The minimum absolute atomic E-state index is 0.0198. The van der Waals surface area contributed by atoms with Crippen LogP contribution in [0.1, 0.15) is 41.5 Å². The average molecular weight is 474 g/mol. The summed E-state index contributed by atoms with van der Waals surface area (Å²) < 4.78 is 52.0. The maximum absolute atomic E-state index is 12.6. The first kappa shape index (κ1) is 24.7. The molecule has 9 nitrogen and oxygen atoms in total. The smallest absolute Gasteiger partial charge is 0.416 e. The number of carbonyl (C=O) groups excluding carboxylic acids is 4. The van der Waals surface area contributed by atoms with Crippen LogP contribution < -0.4 is 11.1 Å². The van der Waals surface area contributed by atoms with Gasteiger partial charge in [0.2, 0.25) is 0 Å². The normalized spacial score (nSPS) is 10.9. The second kappa shape index (κ2) is 10.1. The molecule has 1 aromatic heterocycles. The number of hydrogen-bond acceptors (Lipinski definition) is 9. The van der Waals surface area contributed by atoms with Crippen LogP contribution in [0.15, 0.2) is 24.3 Å². The fraction of sp³-hybridized carbons (Fsp3) is 0.263. The number of benzene rings is 1. The van der Waals surface area contributed by atoms with Gasteiger partial charge in [0.25, 0.3) is 5.91 Å². The maximum atomic E-state index is 12.6. The summed E-state index contributed by atoms with van der Waals surface area (Å²) in [6, 6.07) is 3.39. The number of anilines is 1.